The van der Waals surface area contributed by atoms with E-state index in [0.717, 1.165) is 25.7 Å². The van der Waals surface area contributed by atoms with E-state index in [1.807, 2.05) is 12.1 Å². The molecule has 1 fully saturated rings. The van der Waals surface area contributed by atoms with Gasteiger partial charge in [0.05, 0.1) is 18.2 Å². The van der Waals surface area contributed by atoms with Crippen molar-refractivity contribution < 1.29 is 9.53 Å². The van der Waals surface area contributed by atoms with E-state index in [2.05, 4.69) is 5.32 Å². The molecule has 1 aromatic rings. The summed E-state index contributed by atoms with van der Waals surface area (Å²) >= 11 is 6.10. The number of carbonyl (C=O) groups is 1. The summed E-state index contributed by atoms with van der Waals surface area (Å²) in [5.74, 6) is 0.967. The van der Waals surface area contributed by atoms with Gasteiger partial charge >= 0.3 is 0 Å². The second-order valence-electron chi connectivity index (χ2n) is 5.13. The molecule has 0 heterocycles. The zero-order valence-electron chi connectivity index (χ0n) is 11.2. The van der Waals surface area contributed by atoms with E-state index >= 15 is 0 Å². The van der Waals surface area contributed by atoms with Gasteiger partial charge in [-0.2, -0.15) is 0 Å². The van der Waals surface area contributed by atoms with Gasteiger partial charge in [0, 0.05) is 5.88 Å². The predicted octanol–water partition coefficient (Wildman–Crippen LogP) is 3.37. The van der Waals surface area contributed by atoms with Gasteiger partial charge < -0.3 is 10.1 Å². The Morgan fingerprint density at radius 2 is 2.00 bits per heavy atom. The number of para-hydroxylation sites is 1. The molecule has 1 N–H and O–H groups in total. The summed E-state index contributed by atoms with van der Waals surface area (Å²) in [6.45, 7) is 0. The third-order valence-electron chi connectivity index (χ3n) is 3.80. The van der Waals surface area contributed by atoms with Crippen molar-refractivity contribution in [2.24, 2.45) is 0 Å². The minimum absolute atomic E-state index is 0.0972. The minimum Gasteiger partial charge on any atom is -0.496 e. The summed E-state index contributed by atoms with van der Waals surface area (Å²) in [6.07, 6.45) is 5.38. The molecule has 0 aromatic heterocycles. The Morgan fingerprint density at radius 3 is 2.63 bits per heavy atom. The molecule has 1 aliphatic rings. The van der Waals surface area contributed by atoms with Gasteiger partial charge in [0.15, 0.2) is 0 Å². The number of hydrogen-bond donors (Lipinski definition) is 1. The number of nitrogens with one attached hydrogen (secondary N) is 1. The van der Waals surface area contributed by atoms with E-state index in [9.17, 15) is 4.79 Å². The van der Waals surface area contributed by atoms with Crippen LogP contribution in [-0.4, -0.2) is 24.4 Å². The largest absolute Gasteiger partial charge is 0.496 e. The maximum atomic E-state index is 12.4. The number of hydrogen-bond acceptors (Lipinski definition) is 2. The molecule has 1 aliphatic carbocycles. The molecule has 1 aromatic carbocycles. The lowest BCUT2D eigenvalue weighted by Gasteiger charge is -2.36. The summed E-state index contributed by atoms with van der Waals surface area (Å²) in [5, 5.41) is 3.12. The molecule has 4 heteroatoms. The second-order valence-corrected chi connectivity index (χ2v) is 5.40. The van der Waals surface area contributed by atoms with E-state index in [4.69, 9.17) is 16.3 Å². The Hall–Kier alpha value is -1.22. The Bertz CT molecular complexity index is 442. The van der Waals surface area contributed by atoms with Crippen LogP contribution in [0.5, 0.6) is 5.75 Å². The quantitative estimate of drug-likeness (QED) is 0.860. The lowest BCUT2D eigenvalue weighted by molar-refractivity contribution is 0.0881. The van der Waals surface area contributed by atoms with E-state index in [-0.39, 0.29) is 11.4 Å². The Kier molecular flexibility index (Phi) is 4.70. The van der Waals surface area contributed by atoms with Gasteiger partial charge in [-0.25, -0.2) is 0 Å². The van der Waals surface area contributed by atoms with Crippen molar-refractivity contribution in [3.8, 4) is 5.75 Å². The first-order valence-corrected chi connectivity index (χ1v) is 7.26. The molecule has 1 saturated carbocycles. The van der Waals surface area contributed by atoms with Gasteiger partial charge in [-0.15, -0.1) is 11.6 Å². The first kappa shape index (κ1) is 14.2. The van der Waals surface area contributed by atoms with Gasteiger partial charge in [-0.1, -0.05) is 31.4 Å². The summed E-state index contributed by atoms with van der Waals surface area (Å²) in [7, 11) is 1.57. The fourth-order valence-corrected chi connectivity index (χ4v) is 3.00. The molecular weight excluding hydrogens is 262 g/mol. The number of halogens is 1. The fraction of sp³-hybridized carbons (Fsp3) is 0.533. The minimum atomic E-state index is -0.252. The first-order valence-electron chi connectivity index (χ1n) is 6.72. The summed E-state index contributed by atoms with van der Waals surface area (Å²) < 4.78 is 5.23. The van der Waals surface area contributed by atoms with Crippen molar-refractivity contribution in [2.45, 2.75) is 37.6 Å². The van der Waals surface area contributed by atoms with E-state index < -0.39 is 0 Å². The lowest BCUT2D eigenvalue weighted by atomic mass is 9.83. The summed E-state index contributed by atoms with van der Waals surface area (Å²) in [6, 6.07) is 7.27. The molecule has 3 nitrogen and oxygen atoms in total. The van der Waals surface area contributed by atoms with Crippen LogP contribution in [0.25, 0.3) is 0 Å². The monoisotopic (exact) mass is 281 g/mol. The molecule has 0 unspecified atom stereocenters. The SMILES string of the molecule is COc1ccccc1C(=O)NC1(CCl)CCCCC1. The summed E-state index contributed by atoms with van der Waals surface area (Å²) in [4.78, 5) is 12.4. The van der Waals surface area contributed by atoms with E-state index in [1.165, 1.54) is 6.42 Å². The van der Waals surface area contributed by atoms with Gasteiger partial charge in [-0.3, -0.25) is 4.79 Å². The van der Waals surface area contributed by atoms with Gasteiger partial charge in [-0.05, 0) is 25.0 Å². The molecule has 0 spiro atoms. The molecule has 0 radical (unpaired) electrons. The topological polar surface area (TPSA) is 38.3 Å². The van der Waals surface area contributed by atoms with Crippen LogP contribution in [0.1, 0.15) is 42.5 Å². The Morgan fingerprint density at radius 1 is 1.32 bits per heavy atom. The van der Waals surface area contributed by atoms with Crippen LogP contribution in [0.4, 0.5) is 0 Å². The van der Waals surface area contributed by atoms with Crippen LogP contribution >= 0.6 is 11.6 Å². The smallest absolute Gasteiger partial charge is 0.255 e. The molecule has 19 heavy (non-hydrogen) atoms. The van der Waals surface area contributed by atoms with Crippen molar-refractivity contribution in [3.05, 3.63) is 29.8 Å². The van der Waals surface area contributed by atoms with Crippen LogP contribution in [0, 0.1) is 0 Å². The van der Waals surface area contributed by atoms with Crippen molar-refractivity contribution in [2.75, 3.05) is 13.0 Å². The molecule has 0 atom stereocenters. The first-order chi connectivity index (χ1) is 9.21. The zero-order valence-corrected chi connectivity index (χ0v) is 12.0. The number of carbonyl (C=O) groups excluding carboxylic acids is 1. The highest BCUT2D eigenvalue weighted by Crippen LogP contribution is 2.30. The predicted molar refractivity (Wildman–Crippen MR) is 77.0 cm³/mol. The normalized spacial score (nSPS) is 17.8. The molecule has 104 valence electrons. The highest BCUT2D eigenvalue weighted by atomic mass is 35.5. The highest BCUT2D eigenvalue weighted by Gasteiger charge is 2.33. The maximum absolute atomic E-state index is 12.4. The third-order valence-corrected chi connectivity index (χ3v) is 4.31. The fourth-order valence-electron chi connectivity index (χ4n) is 2.66. The number of benzene rings is 1. The second kappa shape index (κ2) is 6.29. The van der Waals surface area contributed by atoms with Crippen molar-refractivity contribution in [1.29, 1.82) is 0 Å². The Balaban J connectivity index is 2.15. The standard InChI is InChI=1S/C15H20ClNO2/c1-19-13-8-4-3-7-12(13)14(18)17-15(11-16)9-5-2-6-10-15/h3-4,7-8H,2,5-6,9-11H2,1H3,(H,17,18). The van der Waals surface area contributed by atoms with E-state index in [1.54, 1.807) is 19.2 Å². The van der Waals surface area contributed by atoms with Crippen LogP contribution in [-0.2, 0) is 0 Å². The molecule has 1 amide bonds. The Labute approximate surface area is 119 Å². The van der Waals surface area contributed by atoms with Crippen LogP contribution in [0.15, 0.2) is 24.3 Å². The van der Waals surface area contributed by atoms with Gasteiger partial charge in [0.1, 0.15) is 5.75 Å². The molecule has 0 aliphatic heterocycles. The summed E-state index contributed by atoms with van der Waals surface area (Å²) in [5.41, 5.74) is 0.317. The highest BCUT2D eigenvalue weighted by molar-refractivity contribution is 6.19. The number of ether oxygens (including phenoxy) is 1. The van der Waals surface area contributed by atoms with Gasteiger partial charge in [0.2, 0.25) is 0 Å². The number of methoxy groups -OCH3 is 1. The molecule has 2 rings (SSSR count). The maximum Gasteiger partial charge on any atom is 0.255 e. The molecule has 0 saturated heterocycles. The van der Waals surface area contributed by atoms with Gasteiger partial charge in [0.25, 0.3) is 5.91 Å². The number of alkyl halides is 1. The molecule has 0 bridgehead atoms. The number of amides is 1. The average molecular weight is 282 g/mol. The van der Waals surface area contributed by atoms with Crippen LogP contribution < -0.4 is 10.1 Å². The van der Waals surface area contributed by atoms with Crippen LogP contribution in [0.3, 0.4) is 0 Å². The lowest BCUT2D eigenvalue weighted by Crippen LogP contribution is -2.51. The van der Waals surface area contributed by atoms with Crippen molar-refractivity contribution in [1.82, 2.24) is 5.32 Å². The average Bonchev–Trinajstić information content (AvgIpc) is 2.48. The number of rotatable bonds is 4. The van der Waals surface area contributed by atoms with Crippen molar-refractivity contribution >= 4 is 17.5 Å². The zero-order chi connectivity index (χ0) is 13.7. The van der Waals surface area contributed by atoms with Crippen molar-refractivity contribution in [3.63, 3.8) is 0 Å². The molecular formula is C15H20ClNO2. The van der Waals surface area contributed by atoms with Crippen LogP contribution in [0.2, 0.25) is 0 Å². The van der Waals surface area contributed by atoms with E-state index in [0.29, 0.717) is 17.2 Å². The third kappa shape index (κ3) is 3.21.